The van der Waals surface area contributed by atoms with Gasteiger partial charge in [-0.25, -0.2) is 9.97 Å². The predicted molar refractivity (Wildman–Crippen MR) is 258 cm³/mol. The summed E-state index contributed by atoms with van der Waals surface area (Å²) < 4.78 is 5.84. The third kappa shape index (κ3) is 9.01. The summed E-state index contributed by atoms with van der Waals surface area (Å²) in [5.74, 6) is 0.353. The minimum Gasteiger partial charge on any atom is -0.427 e. The van der Waals surface area contributed by atoms with Crippen LogP contribution in [0.1, 0.15) is 93.9 Å². The quantitative estimate of drug-likeness (QED) is 0.0613. The Hall–Kier alpha value is -7.05. The van der Waals surface area contributed by atoms with Crippen molar-refractivity contribution in [2.75, 3.05) is 0 Å². The molecule has 0 spiro atoms. The van der Waals surface area contributed by atoms with Crippen molar-refractivity contribution in [1.29, 1.82) is 0 Å². The number of aromatic amines is 2. The fourth-order valence-corrected chi connectivity index (χ4v) is 8.69. The summed E-state index contributed by atoms with van der Waals surface area (Å²) in [6, 6.07) is 47.7. The molecule has 62 heavy (non-hydrogen) atoms. The lowest BCUT2D eigenvalue weighted by atomic mass is 10.0. The first-order chi connectivity index (χ1) is 30.6. The number of aromatic nitrogens is 4. The van der Waals surface area contributed by atoms with Crippen molar-refractivity contribution in [2.45, 2.75) is 71.1 Å². The van der Waals surface area contributed by atoms with Gasteiger partial charge in [0.15, 0.2) is 0 Å². The molecule has 0 saturated heterocycles. The molecule has 4 aromatic carbocycles. The minimum absolute atomic E-state index is 0.187. The molecule has 7 aromatic rings. The van der Waals surface area contributed by atoms with Gasteiger partial charge in [-0.05, 0) is 89.4 Å². The third-order valence-corrected chi connectivity index (χ3v) is 11.8. The molecule has 0 aliphatic carbocycles. The largest absolute Gasteiger partial charge is 0.427 e. The Bertz CT molecular complexity index is 2850. The Balaban J connectivity index is 1.17. The van der Waals surface area contributed by atoms with Crippen molar-refractivity contribution in [3.8, 4) is 50.3 Å². The smallest absolute Gasteiger partial charge is 0.311 e. The van der Waals surface area contributed by atoms with Gasteiger partial charge in [0.25, 0.3) is 0 Å². The summed E-state index contributed by atoms with van der Waals surface area (Å²) in [5.41, 5.74) is 15.3. The van der Waals surface area contributed by atoms with E-state index in [1.54, 1.807) is 0 Å². The highest BCUT2D eigenvalue weighted by molar-refractivity contribution is 5.99. The SMILES string of the molecule is CCCCCCCCCCCC(=O)Oc1ccc(-c2c3nc(c(-c4ccccc4)c4ccc([nH]4)c(-c4ccccc4)c4nc(c(-c5ccccc5)c5ccc2[nH]5)C=C4)C=C3)cc1. The summed E-state index contributed by atoms with van der Waals surface area (Å²) >= 11 is 0. The van der Waals surface area contributed by atoms with E-state index in [-0.39, 0.29) is 5.97 Å². The van der Waals surface area contributed by atoms with Crippen molar-refractivity contribution in [1.82, 2.24) is 19.9 Å². The van der Waals surface area contributed by atoms with Gasteiger partial charge in [-0.1, -0.05) is 161 Å². The molecule has 6 heteroatoms. The number of carbonyl (C=O) groups is 1. The van der Waals surface area contributed by atoms with Crippen LogP contribution in [-0.4, -0.2) is 25.9 Å². The summed E-state index contributed by atoms with van der Waals surface area (Å²) in [5, 5.41) is 0. The van der Waals surface area contributed by atoms with Gasteiger partial charge >= 0.3 is 5.97 Å². The van der Waals surface area contributed by atoms with Gasteiger partial charge in [-0.2, -0.15) is 0 Å². The highest BCUT2D eigenvalue weighted by Crippen LogP contribution is 2.38. The standard InChI is InChI=1S/C56H52N4O2/c1-2-3-4-5-6-7-8-9-19-26-52(61)62-43-29-27-42(28-30-43)56-50-37-35-48(59-50)54(40-22-15-11-16-23-40)46-33-31-44(57-46)53(39-20-13-10-14-21-39)45-32-34-47(58-45)55(41-24-17-12-18-25-41)49-36-38-51(56)60-49/h10-18,20-25,27-38,57,60H,2-9,19,26H2,1H3. The van der Waals surface area contributed by atoms with Gasteiger partial charge in [0.05, 0.1) is 22.8 Å². The number of ether oxygens (including phenoxy) is 1. The number of H-pyrrole nitrogens is 2. The number of nitrogens with zero attached hydrogens (tertiary/aromatic N) is 2. The van der Waals surface area contributed by atoms with E-state index in [0.717, 1.165) is 102 Å². The van der Waals surface area contributed by atoms with E-state index in [9.17, 15) is 4.79 Å². The van der Waals surface area contributed by atoms with Crippen LogP contribution in [0.2, 0.25) is 0 Å². The van der Waals surface area contributed by atoms with Crippen LogP contribution in [0.3, 0.4) is 0 Å². The van der Waals surface area contributed by atoms with Gasteiger partial charge in [-0.3, -0.25) is 4.79 Å². The molecule has 2 N–H and O–H groups in total. The van der Waals surface area contributed by atoms with Gasteiger partial charge < -0.3 is 14.7 Å². The number of benzene rings is 4. The summed E-state index contributed by atoms with van der Waals surface area (Å²) in [7, 11) is 0. The Kier molecular flexibility index (Phi) is 12.4. The first kappa shape index (κ1) is 40.4. The van der Waals surface area contributed by atoms with Crippen molar-refractivity contribution in [3.63, 3.8) is 0 Å². The van der Waals surface area contributed by atoms with Crippen molar-refractivity contribution in [3.05, 3.63) is 162 Å². The molecule has 0 saturated carbocycles. The molecular weight excluding hydrogens is 761 g/mol. The molecule has 308 valence electrons. The predicted octanol–water partition coefficient (Wildman–Crippen LogP) is 15.1. The molecule has 3 aromatic heterocycles. The summed E-state index contributed by atoms with van der Waals surface area (Å²) in [6.45, 7) is 2.25. The maximum atomic E-state index is 12.9. The van der Waals surface area contributed by atoms with Crippen LogP contribution in [0.15, 0.2) is 140 Å². The highest BCUT2D eigenvalue weighted by Gasteiger charge is 2.19. The van der Waals surface area contributed by atoms with Crippen LogP contribution in [0.25, 0.3) is 90.9 Å². The number of esters is 1. The summed E-state index contributed by atoms with van der Waals surface area (Å²) in [6.07, 6.45) is 19.7. The molecule has 6 nitrogen and oxygen atoms in total. The zero-order valence-corrected chi connectivity index (χ0v) is 35.4. The molecule has 9 rings (SSSR count). The molecule has 2 aliphatic rings. The van der Waals surface area contributed by atoms with Gasteiger partial charge in [0, 0.05) is 50.7 Å². The third-order valence-electron chi connectivity index (χ3n) is 11.8. The van der Waals surface area contributed by atoms with Gasteiger partial charge in [0.2, 0.25) is 0 Å². The average Bonchev–Trinajstić information content (AvgIpc) is 4.16. The van der Waals surface area contributed by atoms with E-state index in [0.29, 0.717) is 12.2 Å². The number of rotatable bonds is 15. The van der Waals surface area contributed by atoms with Gasteiger partial charge in [0.1, 0.15) is 5.75 Å². The van der Waals surface area contributed by atoms with Crippen LogP contribution in [-0.2, 0) is 4.79 Å². The van der Waals surface area contributed by atoms with Crippen LogP contribution in [0.4, 0.5) is 0 Å². The second-order valence-corrected chi connectivity index (χ2v) is 16.2. The van der Waals surface area contributed by atoms with Crippen molar-refractivity contribution < 1.29 is 9.53 Å². The maximum absolute atomic E-state index is 12.9. The second kappa shape index (κ2) is 19.1. The fourth-order valence-electron chi connectivity index (χ4n) is 8.69. The lowest BCUT2D eigenvalue weighted by Gasteiger charge is -2.08. The number of hydrogen-bond donors (Lipinski definition) is 2. The van der Waals surface area contributed by atoms with Crippen molar-refractivity contribution >= 4 is 52.3 Å². The number of hydrogen-bond acceptors (Lipinski definition) is 4. The van der Waals surface area contributed by atoms with Crippen LogP contribution < -0.4 is 4.74 Å². The molecule has 5 heterocycles. The summed E-state index contributed by atoms with van der Waals surface area (Å²) in [4.78, 5) is 31.3. The Labute approximate surface area is 364 Å². The Morgan fingerprint density at radius 1 is 0.419 bits per heavy atom. The van der Waals surface area contributed by atoms with E-state index < -0.39 is 0 Å². The fraction of sp³-hybridized carbons (Fsp3) is 0.196. The zero-order chi connectivity index (χ0) is 42.1. The minimum atomic E-state index is -0.187. The Morgan fingerprint density at radius 2 is 0.758 bits per heavy atom. The monoisotopic (exact) mass is 812 g/mol. The second-order valence-electron chi connectivity index (χ2n) is 16.2. The van der Waals surface area contributed by atoms with E-state index in [1.807, 2.05) is 42.5 Å². The molecule has 0 fully saturated rings. The highest BCUT2D eigenvalue weighted by atomic mass is 16.5. The Morgan fingerprint density at radius 3 is 1.13 bits per heavy atom. The first-order valence-electron chi connectivity index (χ1n) is 22.3. The molecule has 0 radical (unpaired) electrons. The number of carbonyl (C=O) groups excluding carboxylic acids is 1. The normalized spacial score (nSPS) is 11.9. The molecule has 0 unspecified atom stereocenters. The van der Waals surface area contributed by atoms with Crippen LogP contribution >= 0.6 is 0 Å². The molecule has 8 bridgehead atoms. The molecule has 0 atom stereocenters. The first-order valence-corrected chi connectivity index (χ1v) is 22.3. The maximum Gasteiger partial charge on any atom is 0.311 e. The van der Waals surface area contributed by atoms with E-state index in [1.165, 1.54) is 44.9 Å². The van der Waals surface area contributed by atoms with E-state index in [4.69, 9.17) is 14.7 Å². The van der Waals surface area contributed by atoms with Crippen molar-refractivity contribution in [2.24, 2.45) is 0 Å². The molecule has 2 aliphatic heterocycles. The molecule has 0 amide bonds. The molecular formula is C56H52N4O2. The number of nitrogens with one attached hydrogen (secondary N) is 2. The van der Waals surface area contributed by atoms with E-state index in [2.05, 4.69) is 138 Å². The van der Waals surface area contributed by atoms with Crippen LogP contribution in [0.5, 0.6) is 5.75 Å². The van der Waals surface area contributed by atoms with Gasteiger partial charge in [-0.15, -0.1) is 0 Å². The zero-order valence-electron chi connectivity index (χ0n) is 35.4. The van der Waals surface area contributed by atoms with E-state index >= 15 is 0 Å². The average molecular weight is 813 g/mol. The topological polar surface area (TPSA) is 83.7 Å². The number of unbranched alkanes of at least 4 members (excludes halogenated alkanes) is 8. The lowest BCUT2D eigenvalue weighted by molar-refractivity contribution is -0.134. The van der Waals surface area contributed by atoms with Crippen LogP contribution in [0, 0.1) is 0 Å². The number of fused-ring (bicyclic) bond motifs is 8. The lowest BCUT2D eigenvalue weighted by Crippen LogP contribution is -2.07.